The van der Waals surface area contributed by atoms with E-state index in [9.17, 15) is 35.0 Å². The van der Waals surface area contributed by atoms with Crippen molar-refractivity contribution in [1.82, 2.24) is 4.90 Å². The van der Waals surface area contributed by atoms with Crippen molar-refractivity contribution in [1.29, 1.82) is 5.26 Å². The number of amides is 1. The summed E-state index contributed by atoms with van der Waals surface area (Å²) in [5.74, 6) is -5.68. The van der Waals surface area contributed by atoms with Crippen molar-refractivity contribution in [3.8, 4) is 11.8 Å². The van der Waals surface area contributed by atoms with Gasteiger partial charge in [0.15, 0.2) is 17.0 Å². The number of phenols is 1. The van der Waals surface area contributed by atoms with Gasteiger partial charge in [-0.25, -0.2) is 0 Å². The van der Waals surface area contributed by atoms with Gasteiger partial charge in [0.05, 0.1) is 40.0 Å². The van der Waals surface area contributed by atoms with E-state index in [4.69, 9.17) is 17.2 Å². The summed E-state index contributed by atoms with van der Waals surface area (Å²) in [6, 6.07) is 2.07. The molecule has 1 aromatic carbocycles. The van der Waals surface area contributed by atoms with Crippen molar-refractivity contribution >= 4 is 34.6 Å². The average molecular weight is 660 g/mol. The Balaban J connectivity index is 1.70. The van der Waals surface area contributed by atoms with E-state index in [0.717, 1.165) is 18.4 Å². The summed E-state index contributed by atoms with van der Waals surface area (Å²) >= 11 is 0. The molecule has 256 valence electrons. The number of fused-ring (bicyclic) bond motifs is 3. The smallest absolute Gasteiger partial charge is 0.255 e. The fraction of sp³-hybridized carbons (Fsp3) is 0.486. The molecular formula is C35H45N7O6. The number of likely N-dealkylation sites (N-methyl/N-ethyl adjacent to an activating group) is 1. The number of benzene rings is 1. The zero-order valence-corrected chi connectivity index (χ0v) is 28.5. The van der Waals surface area contributed by atoms with Gasteiger partial charge in [-0.3, -0.25) is 19.3 Å². The number of nitrogens with two attached hydrogens (primary N) is 3. The van der Waals surface area contributed by atoms with Gasteiger partial charge >= 0.3 is 0 Å². The predicted molar refractivity (Wildman–Crippen MR) is 182 cm³/mol. The maximum absolute atomic E-state index is 14.7. The highest BCUT2D eigenvalue weighted by molar-refractivity contribution is 6.25. The number of ketones is 2. The highest BCUT2D eigenvalue weighted by Gasteiger charge is 2.74. The van der Waals surface area contributed by atoms with Crippen LogP contribution in [0.2, 0.25) is 0 Å². The maximum atomic E-state index is 14.7. The lowest BCUT2D eigenvalue weighted by Gasteiger charge is -2.58. The first-order valence-electron chi connectivity index (χ1n) is 15.8. The van der Waals surface area contributed by atoms with Crippen LogP contribution in [0.15, 0.2) is 46.3 Å². The van der Waals surface area contributed by atoms with Crippen LogP contribution in [-0.4, -0.2) is 89.5 Å². The number of nitrogens with zero attached hydrogens (tertiary/aromatic N) is 3. The van der Waals surface area contributed by atoms with Crippen molar-refractivity contribution in [2.75, 3.05) is 45.0 Å². The third-order valence-corrected chi connectivity index (χ3v) is 10.4. The van der Waals surface area contributed by atoms with Gasteiger partial charge in [0.25, 0.3) is 5.91 Å². The second kappa shape index (κ2) is 11.2. The summed E-state index contributed by atoms with van der Waals surface area (Å²) < 4.78 is 0. The van der Waals surface area contributed by atoms with Gasteiger partial charge in [-0.2, -0.15) is 5.26 Å². The summed E-state index contributed by atoms with van der Waals surface area (Å²) in [7, 11) is 6.52. The Kier molecular flexibility index (Phi) is 8.11. The topological polar surface area (TPSA) is 232 Å². The standard InChI is InChI=1S/C35H45N7O6/c1-32(2,3)18-10-8-17(9-11-18)14-40-20-12-21(41(4)5)19-13-33(38)15-35(39)28(42(6)7)27(45)23(31(37)48)29(46)34(35,16-36)30(47)24(33)26(44)22(19)25(20)43/h8,10,12,28,40,43-44,46H,9,11,13-15,38-39H2,1-7H3,(H2,37,48)/t28-,33-,34+,35-/m1/s1. The Morgan fingerprint density at radius 3 is 2.25 bits per heavy atom. The number of phenolic OH excluding ortho intramolecular Hbond substituents is 1. The number of aliphatic hydroxyl groups excluding tert-OH is 2. The van der Waals surface area contributed by atoms with Crippen molar-refractivity contribution in [3.05, 3.63) is 57.4 Å². The van der Waals surface area contributed by atoms with Crippen LogP contribution in [0, 0.1) is 22.2 Å². The zero-order valence-electron chi connectivity index (χ0n) is 28.5. The molecule has 5 rings (SSSR count). The van der Waals surface area contributed by atoms with E-state index >= 15 is 0 Å². The van der Waals surface area contributed by atoms with Crippen LogP contribution in [0.25, 0.3) is 5.76 Å². The Bertz CT molecular complexity index is 1820. The van der Waals surface area contributed by atoms with Crippen LogP contribution < -0.4 is 27.4 Å². The highest BCUT2D eigenvalue weighted by atomic mass is 16.3. The Hall–Kier alpha value is -4.64. The summed E-state index contributed by atoms with van der Waals surface area (Å²) in [4.78, 5) is 43.9. The largest absolute Gasteiger partial charge is 0.509 e. The molecule has 1 amide bonds. The van der Waals surface area contributed by atoms with E-state index in [1.54, 1.807) is 31.1 Å². The van der Waals surface area contributed by atoms with Crippen LogP contribution in [-0.2, 0) is 20.8 Å². The molecule has 13 nitrogen and oxygen atoms in total. The lowest BCUT2D eigenvalue weighted by Crippen LogP contribution is -2.80. The SMILES string of the molecule is CN(C)c1cc(NCC2=CC=C(C(C)(C)C)CC2)c(O)c2c1C[C@@]1(N)C[C@@]3(N)[C@H](N(C)C)C(=O)C(C(N)=O)=C(O)[C@@]3(C#N)C(=O)C1=C2O. The molecular weight excluding hydrogens is 614 g/mol. The fourth-order valence-corrected chi connectivity index (χ4v) is 8.08. The number of rotatable bonds is 6. The first-order chi connectivity index (χ1) is 22.2. The van der Waals surface area contributed by atoms with Crippen LogP contribution in [0.4, 0.5) is 11.4 Å². The minimum Gasteiger partial charge on any atom is -0.509 e. The molecule has 4 aliphatic carbocycles. The van der Waals surface area contributed by atoms with E-state index in [2.05, 4.69) is 38.2 Å². The number of aromatic hydroxyl groups is 1. The minimum atomic E-state index is -2.72. The third-order valence-electron chi connectivity index (χ3n) is 10.4. The van der Waals surface area contributed by atoms with Crippen molar-refractivity contribution in [2.24, 2.45) is 28.0 Å². The zero-order chi connectivity index (χ0) is 35.9. The number of carbonyl (C=O) groups excluding carboxylic acids is 3. The van der Waals surface area contributed by atoms with Crippen molar-refractivity contribution in [2.45, 2.75) is 63.6 Å². The summed E-state index contributed by atoms with van der Waals surface area (Å²) in [5.41, 5.74) is 15.2. The van der Waals surface area contributed by atoms with Gasteiger partial charge in [0.2, 0.25) is 0 Å². The second-order valence-electron chi connectivity index (χ2n) is 14.9. The minimum absolute atomic E-state index is 0.0621. The van der Waals surface area contributed by atoms with Crippen LogP contribution in [0.3, 0.4) is 0 Å². The number of hydrogen-bond donors (Lipinski definition) is 7. The highest BCUT2D eigenvalue weighted by Crippen LogP contribution is 2.59. The van der Waals surface area contributed by atoms with Crippen LogP contribution in [0.5, 0.6) is 5.75 Å². The predicted octanol–water partition coefficient (Wildman–Crippen LogP) is 2.08. The Morgan fingerprint density at radius 2 is 1.75 bits per heavy atom. The molecule has 0 saturated heterocycles. The first kappa shape index (κ1) is 34.7. The molecule has 0 heterocycles. The number of anilines is 2. The summed E-state index contributed by atoms with van der Waals surface area (Å²) in [5, 5.41) is 48.9. The van der Waals surface area contributed by atoms with E-state index in [1.165, 1.54) is 24.6 Å². The molecule has 0 radical (unpaired) electrons. The first-order valence-corrected chi connectivity index (χ1v) is 15.8. The lowest BCUT2D eigenvalue weighted by atomic mass is 9.47. The van der Waals surface area contributed by atoms with Crippen LogP contribution >= 0.6 is 0 Å². The average Bonchev–Trinajstić information content (AvgIpc) is 2.95. The van der Waals surface area contributed by atoms with Crippen LogP contribution in [0.1, 0.15) is 51.2 Å². The normalized spacial score (nSPS) is 28.6. The number of carbonyl (C=O) groups is 3. The molecule has 0 unspecified atom stereocenters. The maximum Gasteiger partial charge on any atom is 0.255 e. The van der Waals surface area contributed by atoms with E-state index < -0.39 is 69.1 Å². The molecule has 0 bridgehead atoms. The molecule has 1 saturated carbocycles. The lowest BCUT2D eigenvalue weighted by molar-refractivity contribution is -0.139. The van der Waals surface area contributed by atoms with Crippen molar-refractivity contribution < 1.29 is 29.7 Å². The number of allylic oxidation sites excluding steroid dienone is 3. The van der Waals surface area contributed by atoms with Crippen molar-refractivity contribution in [3.63, 3.8) is 0 Å². The molecule has 1 fully saturated rings. The summed E-state index contributed by atoms with van der Waals surface area (Å²) in [6.45, 7) is 6.93. The van der Waals surface area contributed by atoms with Gasteiger partial charge < -0.3 is 42.7 Å². The molecule has 13 heteroatoms. The number of hydrogen-bond acceptors (Lipinski definition) is 12. The Labute approximate surface area is 280 Å². The molecule has 10 N–H and O–H groups in total. The number of nitriles is 1. The van der Waals surface area contributed by atoms with Gasteiger partial charge in [-0.1, -0.05) is 44.1 Å². The van der Waals surface area contributed by atoms with E-state index in [1.807, 2.05) is 0 Å². The monoisotopic (exact) mass is 659 g/mol. The Morgan fingerprint density at radius 1 is 1.10 bits per heavy atom. The second-order valence-corrected chi connectivity index (χ2v) is 14.9. The fourth-order valence-electron chi connectivity index (χ4n) is 8.08. The van der Waals surface area contributed by atoms with E-state index in [-0.39, 0.29) is 23.1 Å². The van der Waals surface area contributed by atoms with Gasteiger partial charge in [-0.15, -0.1) is 0 Å². The number of Topliss-reactive ketones (excluding diaryl/α,β-unsaturated/α-hetero) is 2. The molecule has 0 aliphatic heterocycles. The molecule has 4 atom stereocenters. The molecule has 0 aromatic heterocycles. The van der Waals surface area contributed by atoms with Gasteiger partial charge in [0, 0.05) is 26.3 Å². The van der Waals surface area contributed by atoms with Gasteiger partial charge in [0.1, 0.15) is 22.8 Å². The summed E-state index contributed by atoms with van der Waals surface area (Å²) in [6.07, 6.45) is 5.38. The third kappa shape index (κ3) is 4.73. The molecule has 4 aliphatic rings. The van der Waals surface area contributed by atoms with E-state index in [0.29, 0.717) is 23.5 Å². The van der Waals surface area contributed by atoms with Gasteiger partial charge in [-0.05, 0) is 56.8 Å². The molecule has 48 heavy (non-hydrogen) atoms. The molecule has 1 aromatic rings. The molecule has 0 spiro atoms. The number of nitrogens with one attached hydrogen (secondary N) is 1. The number of primary amides is 1. The number of aliphatic hydroxyl groups is 2. The quantitative estimate of drug-likeness (QED) is 0.172.